The van der Waals surface area contributed by atoms with Crippen molar-refractivity contribution in [3.8, 4) is 17.4 Å². The lowest BCUT2D eigenvalue weighted by molar-refractivity contribution is -0.147. The Hall–Kier alpha value is -2.98. The summed E-state index contributed by atoms with van der Waals surface area (Å²) in [6, 6.07) is 6.13. The first-order chi connectivity index (χ1) is 16.2. The molecule has 180 valence electrons. The van der Waals surface area contributed by atoms with E-state index in [1.807, 2.05) is 4.57 Å². The lowest BCUT2D eigenvalue weighted by atomic mass is 9.96. The van der Waals surface area contributed by atoms with Crippen molar-refractivity contribution in [2.24, 2.45) is 11.3 Å². The Labute approximate surface area is 199 Å². The summed E-state index contributed by atoms with van der Waals surface area (Å²) in [5.74, 6) is 1.01. The second-order valence-electron chi connectivity index (χ2n) is 10.3. The van der Waals surface area contributed by atoms with Gasteiger partial charge < -0.3 is 19.3 Å². The first-order valence-electron chi connectivity index (χ1n) is 11.7. The number of rotatable bonds is 10. The highest BCUT2D eigenvalue weighted by atomic mass is 28.3. The third-order valence-electron chi connectivity index (χ3n) is 6.71. The van der Waals surface area contributed by atoms with Gasteiger partial charge in [0.1, 0.15) is 24.6 Å². The zero-order valence-corrected chi connectivity index (χ0v) is 20.9. The Balaban J connectivity index is 1.31. The van der Waals surface area contributed by atoms with Gasteiger partial charge in [0.25, 0.3) is 5.88 Å². The number of phenolic OH excluding ortho intramolecular Hbond substituents is 1. The number of nitrogens with zero attached hydrogens (tertiary/aromatic N) is 4. The second kappa shape index (κ2) is 8.35. The van der Waals surface area contributed by atoms with E-state index in [1.165, 1.54) is 6.33 Å². The number of esters is 1. The maximum Gasteiger partial charge on any atom is 0.313 e. The summed E-state index contributed by atoms with van der Waals surface area (Å²) in [7, 11) is -1.15. The average Bonchev–Trinajstić information content (AvgIpc) is 3.62. The normalized spacial score (nSPS) is 22.9. The van der Waals surface area contributed by atoms with Crippen LogP contribution in [0.3, 0.4) is 0 Å². The molecule has 3 atom stereocenters. The number of carbonyl (C=O) groups is 1. The molecule has 2 aliphatic carbocycles. The van der Waals surface area contributed by atoms with Crippen molar-refractivity contribution in [2.45, 2.75) is 51.7 Å². The van der Waals surface area contributed by atoms with Gasteiger partial charge in [0.15, 0.2) is 11.2 Å². The minimum atomic E-state index is -1.15. The van der Waals surface area contributed by atoms with Crippen LogP contribution in [0.5, 0.6) is 17.4 Å². The summed E-state index contributed by atoms with van der Waals surface area (Å²) in [6.07, 6.45) is 3.92. The molecule has 1 N–H and O–H groups in total. The maximum absolute atomic E-state index is 12.4. The largest absolute Gasteiger partial charge is 0.508 e. The molecule has 10 heteroatoms. The van der Waals surface area contributed by atoms with Gasteiger partial charge in [-0.3, -0.25) is 9.36 Å². The Morgan fingerprint density at radius 1 is 1.26 bits per heavy atom. The van der Waals surface area contributed by atoms with E-state index in [9.17, 15) is 9.90 Å². The first kappa shape index (κ1) is 22.8. The van der Waals surface area contributed by atoms with E-state index < -0.39 is 13.5 Å². The molecule has 0 bridgehead atoms. The number of aromatic nitrogens is 4. The first-order valence-corrected chi connectivity index (χ1v) is 15.4. The number of aromatic hydroxyl groups is 1. The van der Waals surface area contributed by atoms with Crippen LogP contribution in [-0.4, -0.2) is 51.9 Å². The van der Waals surface area contributed by atoms with Crippen LogP contribution >= 0.6 is 0 Å². The summed E-state index contributed by atoms with van der Waals surface area (Å²) in [5.41, 5.74) is 1.39. The SMILES string of the molecule is CCOC(=O)C12CC1C2c1cc(Oc2ncnc3c2ncn3COCC[Si](C)(C)C)ccc1O. The van der Waals surface area contributed by atoms with Crippen LogP contribution in [0.1, 0.15) is 24.8 Å². The van der Waals surface area contributed by atoms with Gasteiger partial charge >= 0.3 is 5.97 Å². The summed E-state index contributed by atoms with van der Waals surface area (Å²) < 4.78 is 19.0. The molecular weight excluding hydrogens is 452 g/mol. The van der Waals surface area contributed by atoms with Crippen molar-refractivity contribution in [3.63, 3.8) is 0 Å². The summed E-state index contributed by atoms with van der Waals surface area (Å²) in [4.78, 5) is 25.4. The van der Waals surface area contributed by atoms with Crippen molar-refractivity contribution in [3.05, 3.63) is 36.4 Å². The fraction of sp³-hybridized carbons (Fsp3) is 0.500. The summed E-state index contributed by atoms with van der Waals surface area (Å²) in [5, 5.41) is 10.4. The van der Waals surface area contributed by atoms with Crippen LogP contribution in [0.4, 0.5) is 0 Å². The number of benzene rings is 1. The number of hydrogen-bond donors (Lipinski definition) is 1. The van der Waals surface area contributed by atoms with Gasteiger partial charge in [-0.05, 0) is 43.5 Å². The molecule has 0 radical (unpaired) electrons. The van der Waals surface area contributed by atoms with Crippen molar-refractivity contribution < 1.29 is 24.1 Å². The Kier molecular flexibility index (Phi) is 5.60. The molecule has 0 aliphatic heterocycles. The van der Waals surface area contributed by atoms with Crippen LogP contribution in [0.15, 0.2) is 30.9 Å². The van der Waals surface area contributed by atoms with Crippen LogP contribution < -0.4 is 4.74 Å². The van der Waals surface area contributed by atoms with Gasteiger partial charge in [-0.15, -0.1) is 0 Å². The maximum atomic E-state index is 12.4. The van der Waals surface area contributed by atoms with Gasteiger partial charge in [0, 0.05) is 26.2 Å². The molecule has 34 heavy (non-hydrogen) atoms. The number of phenols is 1. The van der Waals surface area contributed by atoms with Crippen molar-refractivity contribution >= 4 is 25.2 Å². The highest BCUT2D eigenvalue weighted by molar-refractivity contribution is 6.76. The quantitative estimate of drug-likeness (QED) is 0.259. The van der Waals surface area contributed by atoms with E-state index >= 15 is 0 Å². The predicted molar refractivity (Wildman–Crippen MR) is 128 cm³/mol. The lowest BCUT2D eigenvalue weighted by Crippen LogP contribution is -2.22. The van der Waals surface area contributed by atoms with Gasteiger partial charge in [-0.2, -0.15) is 4.98 Å². The topological polar surface area (TPSA) is 109 Å². The van der Waals surface area contributed by atoms with Gasteiger partial charge in [0.2, 0.25) is 0 Å². The molecular formula is C24H30N4O5Si. The highest BCUT2D eigenvalue weighted by Crippen LogP contribution is 2.85. The molecule has 5 rings (SSSR count). The van der Waals surface area contributed by atoms with E-state index in [0.29, 0.717) is 48.3 Å². The molecule has 2 saturated carbocycles. The standard InChI is InChI=1S/C24H30N4O5Si/c1-5-32-23(30)24-11-17(24)19(24)16-10-15(6-7-18(16)29)33-22-20-21(25-12-26-22)28(13-27-20)14-31-8-9-34(2,3)4/h6-7,10,12-13,17,19,29H,5,8-9,11,14H2,1-4H3. The fourth-order valence-electron chi connectivity index (χ4n) is 4.56. The van der Waals surface area contributed by atoms with E-state index in [-0.39, 0.29) is 23.6 Å². The lowest BCUT2D eigenvalue weighted by Gasteiger charge is -2.15. The van der Waals surface area contributed by atoms with E-state index in [4.69, 9.17) is 14.2 Å². The monoisotopic (exact) mass is 482 g/mol. The number of ether oxygens (including phenoxy) is 3. The predicted octanol–water partition coefficient (Wildman–Crippen LogP) is 4.30. The minimum Gasteiger partial charge on any atom is -0.508 e. The molecule has 9 nitrogen and oxygen atoms in total. The van der Waals surface area contributed by atoms with Crippen molar-refractivity contribution in [1.29, 1.82) is 0 Å². The molecule has 2 aromatic heterocycles. The third-order valence-corrected chi connectivity index (χ3v) is 8.41. The summed E-state index contributed by atoms with van der Waals surface area (Å²) >= 11 is 0. The van der Waals surface area contributed by atoms with Crippen molar-refractivity contribution in [1.82, 2.24) is 19.5 Å². The molecule has 0 saturated heterocycles. The molecule has 3 aromatic rings. The van der Waals surface area contributed by atoms with Crippen molar-refractivity contribution in [2.75, 3.05) is 13.2 Å². The molecule has 2 fully saturated rings. The number of imidazole rings is 1. The Morgan fingerprint density at radius 3 is 2.82 bits per heavy atom. The van der Waals surface area contributed by atoms with Gasteiger partial charge in [-0.1, -0.05) is 19.6 Å². The molecule has 3 unspecified atom stereocenters. The molecule has 2 heterocycles. The molecule has 1 aromatic carbocycles. The van der Waals surface area contributed by atoms with E-state index in [2.05, 4.69) is 34.6 Å². The highest BCUT2D eigenvalue weighted by Gasteiger charge is 2.84. The Morgan fingerprint density at radius 2 is 2.09 bits per heavy atom. The van der Waals surface area contributed by atoms with E-state index in [1.54, 1.807) is 31.5 Å². The fourth-order valence-corrected chi connectivity index (χ4v) is 5.31. The third kappa shape index (κ3) is 4.05. The minimum absolute atomic E-state index is 0.0342. The summed E-state index contributed by atoms with van der Waals surface area (Å²) in [6.45, 7) is 10.2. The van der Waals surface area contributed by atoms with Gasteiger partial charge in [0.05, 0.1) is 18.3 Å². The second-order valence-corrected chi connectivity index (χ2v) is 15.9. The average molecular weight is 483 g/mol. The number of hydrogen-bond acceptors (Lipinski definition) is 8. The van der Waals surface area contributed by atoms with E-state index in [0.717, 1.165) is 12.5 Å². The van der Waals surface area contributed by atoms with Crippen LogP contribution in [0.25, 0.3) is 11.2 Å². The molecule has 0 spiro atoms. The van der Waals surface area contributed by atoms with Crippen LogP contribution in [0.2, 0.25) is 25.7 Å². The number of fused-ring (bicyclic) bond motifs is 2. The zero-order valence-electron chi connectivity index (χ0n) is 19.9. The molecule has 0 amide bonds. The van der Waals surface area contributed by atoms with Crippen LogP contribution in [-0.2, 0) is 21.0 Å². The molecule has 2 aliphatic rings. The smallest absolute Gasteiger partial charge is 0.313 e. The van der Waals surface area contributed by atoms with Gasteiger partial charge in [-0.25, -0.2) is 9.97 Å². The Bertz CT molecular complexity index is 1240. The zero-order chi connectivity index (χ0) is 24.1. The van der Waals surface area contributed by atoms with Crippen LogP contribution in [0, 0.1) is 11.3 Å². The number of carbonyl (C=O) groups excluding carboxylic acids is 1.